The lowest BCUT2D eigenvalue weighted by Gasteiger charge is -2.36. The van der Waals surface area contributed by atoms with Crippen molar-refractivity contribution in [2.75, 3.05) is 12.8 Å². The number of carbonyl (C=O) groups excluding carboxylic acids is 1. The van der Waals surface area contributed by atoms with Crippen molar-refractivity contribution in [2.24, 2.45) is 0 Å². The highest BCUT2D eigenvalue weighted by Crippen LogP contribution is 2.29. The summed E-state index contributed by atoms with van der Waals surface area (Å²) < 4.78 is 5.46. The van der Waals surface area contributed by atoms with Crippen LogP contribution in [0.5, 0.6) is 0 Å². The highest BCUT2D eigenvalue weighted by atomic mass is 35.5. The molecule has 1 aromatic heterocycles. The number of nitrogen functional groups attached to an aromatic ring is 1. The molecule has 0 saturated heterocycles. The van der Waals surface area contributed by atoms with Crippen molar-refractivity contribution in [2.45, 2.75) is 51.3 Å². The van der Waals surface area contributed by atoms with Gasteiger partial charge in [-0.1, -0.05) is 11.6 Å². The number of nitrogens with two attached hydrogens (primary N) is 1. The summed E-state index contributed by atoms with van der Waals surface area (Å²) in [5, 5.41) is 7.54. The minimum atomic E-state index is -0.0649. The number of hydrogen-bond acceptors (Lipinski definition) is 4. The number of methoxy groups -OCH3 is 1. The smallest absolute Gasteiger partial charge is 0.272 e. The van der Waals surface area contributed by atoms with Crippen LogP contribution in [0.1, 0.15) is 47.4 Å². The molecule has 1 aliphatic carbocycles. The number of halogens is 1. The topological polar surface area (TPSA) is 84.2 Å². The van der Waals surface area contributed by atoms with Gasteiger partial charge in [0, 0.05) is 30.4 Å². The van der Waals surface area contributed by atoms with E-state index in [2.05, 4.69) is 10.2 Å². The van der Waals surface area contributed by atoms with Crippen LogP contribution in [-0.2, 0) is 11.3 Å². The van der Waals surface area contributed by atoms with Gasteiger partial charge in [-0.25, -0.2) is 0 Å². The molecule has 1 aromatic carbocycles. The Morgan fingerprint density at radius 3 is 2.69 bits per heavy atom. The largest absolute Gasteiger partial charge is 0.399 e. The normalized spacial score (nSPS) is 20.1. The van der Waals surface area contributed by atoms with Crippen LogP contribution in [-0.4, -0.2) is 40.3 Å². The zero-order valence-corrected chi connectivity index (χ0v) is 15.9. The number of H-pyrrole nitrogens is 1. The van der Waals surface area contributed by atoms with Gasteiger partial charge in [0.1, 0.15) is 5.69 Å². The zero-order valence-electron chi connectivity index (χ0n) is 15.2. The molecule has 140 valence electrons. The van der Waals surface area contributed by atoms with E-state index in [1.54, 1.807) is 25.3 Å². The zero-order chi connectivity index (χ0) is 18.7. The van der Waals surface area contributed by atoms with E-state index >= 15 is 0 Å². The second-order valence-electron chi connectivity index (χ2n) is 6.87. The van der Waals surface area contributed by atoms with E-state index in [0.29, 0.717) is 22.9 Å². The van der Waals surface area contributed by atoms with Gasteiger partial charge >= 0.3 is 0 Å². The molecule has 1 heterocycles. The van der Waals surface area contributed by atoms with Crippen LogP contribution in [0, 0.1) is 6.92 Å². The summed E-state index contributed by atoms with van der Waals surface area (Å²) >= 11 is 6.35. The van der Waals surface area contributed by atoms with Gasteiger partial charge in [-0.05, 0) is 62.4 Å². The Bertz CT molecular complexity index is 769. The molecule has 1 saturated carbocycles. The lowest BCUT2D eigenvalue weighted by molar-refractivity contribution is 0.0310. The molecule has 6 nitrogen and oxygen atoms in total. The molecule has 0 aliphatic heterocycles. The van der Waals surface area contributed by atoms with Crippen LogP contribution in [0.3, 0.4) is 0 Å². The van der Waals surface area contributed by atoms with Crippen molar-refractivity contribution in [3.63, 3.8) is 0 Å². The number of nitrogens with one attached hydrogen (secondary N) is 1. The third kappa shape index (κ3) is 4.19. The highest BCUT2D eigenvalue weighted by Gasteiger charge is 2.30. The van der Waals surface area contributed by atoms with Gasteiger partial charge in [0.15, 0.2) is 0 Å². The van der Waals surface area contributed by atoms with E-state index in [1.165, 1.54) is 0 Å². The number of aryl methyl sites for hydroxylation is 1. The number of nitrogens with zero attached hydrogens (tertiary/aromatic N) is 2. The lowest BCUT2D eigenvalue weighted by atomic mass is 9.91. The maximum Gasteiger partial charge on any atom is 0.272 e. The average Bonchev–Trinajstić information content (AvgIpc) is 3.08. The molecule has 2 aromatic rings. The summed E-state index contributed by atoms with van der Waals surface area (Å²) in [6.07, 6.45) is 3.96. The van der Waals surface area contributed by atoms with Gasteiger partial charge in [0.2, 0.25) is 0 Å². The quantitative estimate of drug-likeness (QED) is 0.781. The Balaban J connectivity index is 1.86. The van der Waals surface area contributed by atoms with Crippen LogP contribution in [0.25, 0.3) is 0 Å². The van der Waals surface area contributed by atoms with Gasteiger partial charge in [-0.15, -0.1) is 0 Å². The molecular weight excluding hydrogens is 352 g/mol. The van der Waals surface area contributed by atoms with Gasteiger partial charge < -0.3 is 15.4 Å². The van der Waals surface area contributed by atoms with Gasteiger partial charge in [0.05, 0.1) is 11.8 Å². The van der Waals surface area contributed by atoms with Crippen molar-refractivity contribution >= 4 is 23.2 Å². The molecule has 3 rings (SSSR count). The number of amides is 1. The summed E-state index contributed by atoms with van der Waals surface area (Å²) in [5.74, 6) is -0.0649. The second kappa shape index (κ2) is 8.10. The Kier molecular flexibility index (Phi) is 5.84. The maximum absolute atomic E-state index is 13.2. The fraction of sp³-hybridized carbons (Fsp3) is 0.474. The monoisotopic (exact) mass is 376 g/mol. The standard InChI is InChI=1S/C19H25ClN4O2/c1-12-9-18(23-22-12)19(25)24(15-4-6-16(26-2)7-5-15)11-13-10-14(21)3-8-17(13)20/h3,8-10,15-16H,4-7,11,21H2,1-2H3,(H,22,23)/t15-,16-. The molecule has 1 fully saturated rings. The van der Waals surface area contributed by atoms with Crippen molar-refractivity contribution in [3.05, 3.63) is 46.2 Å². The first kappa shape index (κ1) is 18.7. The molecule has 1 aliphatic rings. The Hall–Kier alpha value is -2.05. The first-order valence-corrected chi connectivity index (χ1v) is 9.25. The molecule has 7 heteroatoms. The van der Waals surface area contributed by atoms with Crippen LogP contribution in [0.2, 0.25) is 5.02 Å². The Morgan fingerprint density at radius 1 is 1.35 bits per heavy atom. The molecule has 26 heavy (non-hydrogen) atoms. The summed E-state index contributed by atoms with van der Waals surface area (Å²) in [7, 11) is 1.74. The van der Waals surface area contributed by atoms with Gasteiger partial charge in [0.25, 0.3) is 5.91 Å². The first-order valence-electron chi connectivity index (χ1n) is 8.87. The molecule has 0 bridgehead atoms. The van der Waals surface area contributed by atoms with Crippen molar-refractivity contribution in [3.8, 4) is 0 Å². The first-order chi connectivity index (χ1) is 12.5. The lowest BCUT2D eigenvalue weighted by Crippen LogP contribution is -2.43. The fourth-order valence-corrected chi connectivity index (χ4v) is 3.72. The number of benzene rings is 1. The van der Waals surface area contributed by atoms with Gasteiger partial charge in [-0.3, -0.25) is 9.89 Å². The molecule has 3 N–H and O–H groups in total. The summed E-state index contributed by atoms with van der Waals surface area (Å²) in [6.45, 7) is 2.28. The van der Waals surface area contributed by atoms with E-state index in [1.807, 2.05) is 17.9 Å². The van der Waals surface area contributed by atoms with E-state index in [9.17, 15) is 4.79 Å². The van der Waals surface area contributed by atoms with E-state index in [0.717, 1.165) is 36.9 Å². The molecule has 1 amide bonds. The number of hydrogen-bond donors (Lipinski definition) is 2. The number of rotatable bonds is 5. The third-order valence-corrected chi connectivity index (χ3v) is 5.39. The van der Waals surface area contributed by atoms with Crippen LogP contribution in [0.15, 0.2) is 24.3 Å². The van der Waals surface area contributed by atoms with Crippen molar-refractivity contribution in [1.29, 1.82) is 0 Å². The molecule has 0 spiro atoms. The molecule has 0 unspecified atom stereocenters. The number of ether oxygens (including phenoxy) is 1. The number of anilines is 1. The SMILES string of the molecule is CO[C@H]1CC[C@H](N(Cc2cc(N)ccc2Cl)C(=O)c2cc(C)n[nH]2)CC1. The van der Waals surface area contributed by atoms with E-state index in [4.69, 9.17) is 22.1 Å². The minimum Gasteiger partial charge on any atom is -0.399 e. The molecule has 0 radical (unpaired) electrons. The highest BCUT2D eigenvalue weighted by molar-refractivity contribution is 6.31. The minimum absolute atomic E-state index is 0.0649. The predicted octanol–water partition coefficient (Wildman–Crippen LogP) is 3.55. The number of aromatic amines is 1. The fourth-order valence-electron chi connectivity index (χ4n) is 3.54. The summed E-state index contributed by atoms with van der Waals surface area (Å²) in [5.41, 5.74) is 8.69. The third-order valence-electron chi connectivity index (χ3n) is 5.03. The Morgan fingerprint density at radius 2 is 2.08 bits per heavy atom. The maximum atomic E-state index is 13.2. The van der Waals surface area contributed by atoms with Crippen LogP contribution in [0.4, 0.5) is 5.69 Å². The summed E-state index contributed by atoms with van der Waals surface area (Å²) in [6, 6.07) is 7.28. The van der Waals surface area contributed by atoms with Crippen molar-refractivity contribution < 1.29 is 9.53 Å². The number of carbonyl (C=O) groups is 1. The number of aromatic nitrogens is 2. The summed E-state index contributed by atoms with van der Waals surface area (Å²) in [4.78, 5) is 15.0. The van der Waals surface area contributed by atoms with E-state index < -0.39 is 0 Å². The van der Waals surface area contributed by atoms with Crippen LogP contribution >= 0.6 is 11.6 Å². The Labute approximate surface area is 158 Å². The molecule has 0 atom stereocenters. The van der Waals surface area contributed by atoms with Crippen molar-refractivity contribution in [1.82, 2.24) is 15.1 Å². The van der Waals surface area contributed by atoms with Crippen LogP contribution < -0.4 is 5.73 Å². The second-order valence-corrected chi connectivity index (χ2v) is 7.28. The average molecular weight is 377 g/mol. The van der Waals surface area contributed by atoms with Gasteiger partial charge in [-0.2, -0.15) is 5.10 Å². The molecular formula is C19H25ClN4O2. The van der Waals surface area contributed by atoms with E-state index in [-0.39, 0.29) is 18.1 Å². The predicted molar refractivity (Wildman–Crippen MR) is 102 cm³/mol.